The van der Waals surface area contributed by atoms with Crippen LogP contribution in [0.3, 0.4) is 0 Å². The molecule has 0 aliphatic carbocycles. The normalized spacial score (nSPS) is 10.1. The zero-order valence-electron chi connectivity index (χ0n) is 15.6. The Labute approximate surface area is 166 Å². The highest BCUT2D eigenvalue weighted by molar-refractivity contribution is 6.02. The molecule has 0 saturated heterocycles. The van der Waals surface area contributed by atoms with Crippen molar-refractivity contribution in [1.82, 2.24) is 0 Å². The highest BCUT2D eigenvalue weighted by Crippen LogP contribution is 2.16. The predicted molar refractivity (Wildman–Crippen MR) is 108 cm³/mol. The summed E-state index contributed by atoms with van der Waals surface area (Å²) < 4.78 is 9.69. The van der Waals surface area contributed by atoms with Gasteiger partial charge in [0.15, 0.2) is 5.76 Å². The predicted octanol–water partition coefficient (Wildman–Crippen LogP) is 3.37. The molecular weight excluding hydrogens is 374 g/mol. The third-order valence-corrected chi connectivity index (χ3v) is 3.91. The van der Waals surface area contributed by atoms with Gasteiger partial charge in [-0.2, -0.15) is 0 Å². The smallest absolute Gasteiger partial charge is 0.337 e. The number of amides is 2. The second-order valence-electron chi connectivity index (χ2n) is 5.98. The van der Waals surface area contributed by atoms with E-state index in [-0.39, 0.29) is 24.1 Å². The SMILES string of the molecule is COC(=O)c1ccc(NC(=O)CNc2cccc(NC(=O)c3ccco3)c2)cc1. The summed E-state index contributed by atoms with van der Waals surface area (Å²) in [6.07, 6.45) is 1.43. The monoisotopic (exact) mass is 393 g/mol. The second-order valence-corrected chi connectivity index (χ2v) is 5.98. The van der Waals surface area contributed by atoms with Crippen molar-refractivity contribution in [2.75, 3.05) is 29.6 Å². The van der Waals surface area contributed by atoms with E-state index >= 15 is 0 Å². The van der Waals surface area contributed by atoms with Crippen LogP contribution in [-0.4, -0.2) is 31.4 Å². The molecule has 0 fully saturated rings. The Morgan fingerprint density at radius 3 is 2.34 bits per heavy atom. The maximum Gasteiger partial charge on any atom is 0.337 e. The molecule has 29 heavy (non-hydrogen) atoms. The molecule has 8 heteroatoms. The minimum atomic E-state index is -0.441. The summed E-state index contributed by atoms with van der Waals surface area (Å²) in [7, 11) is 1.31. The molecule has 0 bridgehead atoms. The van der Waals surface area contributed by atoms with Crippen LogP contribution in [0, 0.1) is 0 Å². The van der Waals surface area contributed by atoms with E-state index < -0.39 is 5.97 Å². The molecule has 148 valence electrons. The molecule has 0 saturated carbocycles. The van der Waals surface area contributed by atoms with Crippen LogP contribution in [-0.2, 0) is 9.53 Å². The number of nitrogens with one attached hydrogen (secondary N) is 3. The van der Waals surface area contributed by atoms with Crippen LogP contribution in [0.15, 0.2) is 71.3 Å². The van der Waals surface area contributed by atoms with Crippen LogP contribution < -0.4 is 16.0 Å². The number of ether oxygens (including phenoxy) is 1. The Hall–Kier alpha value is -4.07. The van der Waals surface area contributed by atoms with Gasteiger partial charge < -0.3 is 25.1 Å². The molecule has 8 nitrogen and oxygen atoms in total. The number of carbonyl (C=O) groups excluding carboxylic acids is 3. The van der Waals surface area contributed by atoms with E-state index in [1.165, 1.54) is 13.4 Å². The lowest BCUT2D eigenvalue weighted by molar-refractivity contribution is -0.114. The van der Waals surface area contributed by atoms with Gasteiger partial charge in [-0.25, -0.2) is 4.79 Å². The first-order valence-electron chi connectivity index (χ1n) is 8.72. The molecule has 0 spiro atoms. The average Bonchev–Trinajstić information content (AvgIpc) is 3.28. The van der Waals surface area contributed by atoms with Crippen LogP contribution in [0.2, 0.25) is 0 Å². The van der Waals surface area contributed by atoms with Gasteiger partial charge in [0, 0.05) is 17.1 Å². The van der Waals surface area contributed by atoms with E-state index in [4.69, 9.17) is 4.42 Å². The standard InChI is InChI=1S/C21H19N3O5/c1-28-21(27)14-7-9-15(10-8-14)23-19(25)13-22-16-4-2-5-17(12-16)24-20(26)18-6-3-11-29-18/h2-12,22H,13H2,1H3,(H,23,25)(H,24,26). The average molecular weight is 393 g/mol. The van der Waals surface area contributed by atoms with Gasteiger partial charge in [0.25, 0.3) is 5.91 Å². The lowest BCUT2D eigenvalue weighted by Gasteiger charge is -2.10. The third kappa shape index (κ3) is 5.46. The van der Waals surface area contributed by atoms with E-state index in [1.54, 1.807) is 60.7 Å². The summed E-state index contributed by atoms with van der Waals surface area (Å²) in [5.41, 5.74) is 2.19. The van der Waals surface area contributed by atoms with Gasteiger partial charge in [0.05, 0.1) is 25.5 Å². The van der Waals surface area contributed by atoms with Gasteiger partial charge >= 0.3 is 5.97 Å². The van der Waals surface area contributed by atoms with Crippen molar-refractivity contribution in [3.63, 3.8) is 0 Å². The topological polar surface area (TPSA) is 110 Å². The maximum atomic E-state index is 12.1. The maximum absolute atomic E-state index is 12.1. The first kappa shape index (κ1) is 19.7. The molecule has 3 rings (SSSR count). The molecule has 0 aliphatic rings. The lowest BCUT2D eigenvalue weighted by Crippen LogP contribution is -2.21. The van der Waals surface area contributed by atoms with E-state index in [0.29, 0.717) is 22.6 Å². The van der Waals surface area contributed by atoms with Gasteiger partial charge in [-0.15, -0.1) is 0 Å². The molecule has 0 unspecified atom stereocenters. The van der Waals surface area contributed by atoms with Crippen molar-refractivity contribution in [2.24, 2.45) is 0 Å². The largest absolute Gasteiger partial charge is 0.465 e. The summed E-state index contributed by atoms with van der Waals surface area (Å²) >= 11 is 0. The number of benzene rings is 2. The Morgan fingerprint density at radius 2 is 1.66 bits per heavy atom. The number of carbonyl (C=O) groups is 3. The molecule has 0 radical (unpaired) electrons. The fourth-order valence-corrected chi connectivity index (χ4v) is 2.50. The number of hydrogen-bond acceptors (Lipinski definition) is 6. The van der Waals surface area contributed by atoms with Crippen molar-refractivity contribution in [3.05, 3.63) is 78.3 Å². The van der Waals surface area contributed by atoms with Crippen LogP contribution in [0.5, 0.6) is 0 Å². The molecule has 3 N–H and O–H groups in total. The highest BCUT2D eigenvalue weighted by atomic mass is 16.5. The summed E-state index contributed by atoms with van der Waals surface area (Å²) in [5, 5.41) is 8.44. The fraction of sp³-hybridized carbons (Fsp3) is 0.0952. The van der Waals surface area contributed by atoms with E-state index in [9.17, 15) is 14.4 Å². The van der Waals surface area contributed by atoms with E-state index in [1.807, 2.05) is 0 Å². The van der Waals surface area contributed by atoms with Gasteiger partial charge in [0.1, 0.15) is 0 Å². The quantitative estimate of drug-likeness (QED) is 0.531. The van der Waals surface area contributed by atoms with Gasteiger partial charge in [-0.3, -0.25) is 9.59 Å². The van der Waals surface area contributed by atoms with Crippen molar-refractivity contribution in [3.8, 4) is 0 Å². The number of furan rings is 1. The molecule has 2 amide bonds. The summed E-state index contributed by atoms with van der Waals surface area (Å²) in [6, 6.07) is 16.6. The summed E-state index contributed by atoms with van der Waals surface area (Å²) in [4.78, 5) is 35.6. The number of rotatable bonds is 7. The van der Waals surface area contributed by atoms with Crippen molar-refractivity contribution in [1.29, 1.82) is 0 Å². The number of esters is 1. The molecule has 0 atom stereocenters. The third-order valence-electron chi connectivity index (χ3n) is 3.91. The molecule has 2 aromatic carbocycles. The zero-order valence-corrected chi connectivity index (χ0v) is 15.6. The van der Waals surface area contributed by atoms with Crippen LogP contribution in [0.4, 0.5) is 17.1 Å². The molecule has 3 aromatic rings. The summed E-state index contributed by atoms with van der Waals surface area (Å²) in [6.45, 7) is 0.0222. The van der Waals surface area contributed by atoms with Crippen molar-refractivity contribution in [2.45, 2.75) is 0 Å². The zero-order chi connectivity index (χ0) is 20.6. The van der Waals surface area contributed by atoms with E-state index in [0.717, 1.165) is 0 Å². The number of hydrogen-bond donors (Lipinski definition) is 3. The van der Waals surface area contributed by atoms with Crippen molar-refractivity contribution < 1.29 is 23.5 Å². The minimum Gasteiger partial charge on any atom is -0.465 e. The molecule has 0 aliphatic heterocycles. The van der Waals surface area contributed by atoms with E-state index in [2.05, 4.69) is 20.7 Å². The first-order chi connectivity index (χ1) is 14.0. The van der Waals surface area contributed by atoms with Gasteiger partial charge in [-0.1, -0.05) is 6.07 Å². The lowest BCUT2D eigenvalue weighted by atomic mass is 10.2. The number of methoxy groups -OCH3 is 1. The van der Waals surface area contributed by atoms with Crippen molar-refractivity contribution >= 4 is 34.8 Å². The summed E-state index contributed by atoms with van der Waals surface area (Å²) in [5.74, 6) is -0.856. The molecular formula is C21H19N3O5. The van der Waals surface area contributed by atoms with Gasteiger partial charge in [-0.05, 0) is 54.6 Å². The Bertz CT molecular complexity index is 997. The van der Waals surface area contributed by atoms with Crippen LogP contribution in [0.1, 0.15) is 20.9 Å². The Balaban J connectivity index is 1.52. The Morgan fingerprint density at radius 1 is 0.897 bits per heavy atom. The first-order valence-corrected chi connectivity index (χ1v) is 8.72. The minimum absolute atomic E-state index is 0.0222. The van der Waals surface area contributed by atoms with Crippen LogP contribution >= 0.6 is 0 Å². The molecule has 1 aromatic heterocycles. The Kier molecular flexibility index (Phi) is 6.26. The number of anilines is 3. The van der Waals surface area contributed by atoms with Crippen LogP contribution in [0.25, 0.3) is 0 Å². The second kappa shape index (κ2) is 9.23. The molecule has 1 heterocycles. The van der Waals surface area contributed by atoms with Gasteiger partial charge in [0.2, 0.25) is 5.91 Å². The fourth-order valence-electron chi connectivity index (χ4n) is 2.50. The highest BCUT2D eigenvalue weighted by Gasteiger charge is 2.09.